The third-order valence-corrected chi connectivity index (χ3v) is 5.67. The molecule has 0 atom stereocenters. The fraction of sp³-hybridized carbons (Fsp3) is 0.333. The molecule has 0 N–H and O–H groups in total. The fourth-order valence-corrected chi connectivity index (χ4v) is 4.19. The van der Waals surface area contributed by atoms with E-state index in [0.717, 1.165) is 23.7 Å². The Bertz CT molecular complexity index is 1110. The minimum absolute atomic E-state index is 0.00617. The summed E-state index contributed by atoms with van der Waals surface area (Å²) in [5.74, 6) is 1.14. The molecule has 6 heteroatoms. The topological polar surface area (TPSA) is 60.8 Å². The molecule has 3 aromatic rings. The monoisotopic (exact) mass is 406 g/mol. The SMILES string of the molecule is CCOc1ccc(C(=O)N2CCC(n3c(=O)ccc4ccccc43)CC2)c(OC)c1. The highest BCUT2D eigenvalue weighted by atomic mass is 16.5. The van der Waals surface area contributed by atoms with Crippen molar-refractivity contribution in [2.45, 2.75) is 25.8 Å². The smallest absolute Gasteiger partial charge is 0.257 e. The fourth-order valence-electron chi connectivity index (χ4n) is 4.19. The van der Waals surface area contributed by atoms with E-state index in [9.17, 15) is 9.59 Å². The Balaban J connectivity index is 1.52. The summed E-state index contributed by atoms with van der Waals surface area (Å²) in [4.78, 5) is 27.5. The van der Waals surface area contributed by atoms with Crippen LogP contribution in [0.2, 0.25) is 0 Å². The number of amides is 1. The van der Waals surface area contributed by atoms with Gasteiger partial charge in [-0.05, 0) is 49.4 Å². The highest BCUT2D eigenvalue weighted by molar-refractivity contribution is 5.97. The van der Waals surface area contributed by atoms with Crippen molar-refractivity contribution in [1.29, 1.82) is 0 Å². The van der Waals surface area contributed by atoms with E-state index in [4.69, 9.17) is 9.47 Å². The van der Waals surface area contributed by atoms with Crippen molar-refractivity contribution >= 4 is 16.8 Å². The number of likely N-dealkylation sites (tertiary alicyclic amines) is 1. The normalized spacial score (nSPS) is 14.7. The molecule has 0 unspecified atom stereocenters. The Kier molecular flexibility index (Phi) is 5.74. The number of carbonyl (C=O) groups is 1. The Morgan fingerprint density at radius 2 is 1.83 bits per heavy atom. The Hall–Kier alpha value is -3.28. The molecule has 1 aliphatic heterocycles. The summed E-state index contributed by atoms with van der Waals surface area (Å²) in [6.07, 6.45) is 1.47. The number of carbonyl (C=O) groups excluding carboxylic acids is 1. The molecule has 2 aromatic carbocycles. The summed E-state index contributed by atoms with van der Waals surface area (Å²) in [6, 6.07) is 16.8. The van der Waals surface area contributed by atoms with Gasteiger partial charge < -0.3 is 18.9 Å². The largest absolute Gasteiger partial charge is 0.496 e. The van der Waals surface area contributed by atoms with Crippen LogP contribution < -0.4 is 15.0 Å². The van der Waals surface area contributed by atoms with Crippen LogP contribution in [0.15, 0.2) is 59.4 Å². The van der Waals surface area contributed by atoms with Crippen molar-refractivity contribution in [3.8, 4) is 11.5 Å². The lowest BCUT2D eigenvalue weighted by atomic mass is 10.0. The van der Waals surface area contributed by atoms with Gasteiger partial charge in [0.15, 0.2) is 0 Å². The Morgan fingerprint density at radius 1 is 1.07 bits per heavy atom. The van der Waals surface area contributed by atoms with Crippen molar-refractivity contribution in [3.63, 3.8) is 0 Å². The van der Waals surface area contributed by atoms with Crippen molar-refractivity contribution in [2.24, 2.45) is 0 Å². The van der Waals surface area contributed by atoms with E-state index in [-0.39, 0.29) is 17.5 Å². The van der Waals surface area contributed by atoms with E-state index in [0.29, 0.717) is 36.8 Å². The molecule has 2 heterocycles. The van der Waals surface area contributed by atoms with Gasteiger partial charge >= 0.3 is 0 Å². The number of hydrogen-bond donors (Lipinski definition) is 0. The van der Waals surface area contributed by atoms with Gasteiger partial charge in [0.25, 0.3) is 11.5 Å². The number of fused-ring (bicyclic) bond motifs is 1. The second kappa shape index (κ2) is 8.61. The van der Waals surface area contributed by atoms with Crippen LogP contribution in [0.25, 0.3) is 10.9 Å². The lowest BCUT2D eigenvalue weighted by molar-refractivity contribution is 0.0691. The first kappa shape index (κ1) is 20.0. The van der Waals surface area contributed by atoms with Crippen LogP contribution in [0.5, 0.6) is 11.5 Å². The van der Waals surface area contributed by atoms with Crippen molar-refractivity contribution in [2.75, 3.05) is 26.8 Å². The molecule has 0 spiro atoms. The predicted octanol–water partition coefficient (Wildman–Crippen LogP) is 3.89. The van der Waals surface area contributed by atoms with Crippen molar-refractivity contribution in [3.05, 3.63) is 70.5 Å². The molecule has 1 aromatic heterocycles. The van der Waals surface area contributed by atoms with Crippen LogP contribution in [0.1, 0.15) is 36.2 Å². The highest BCUT2D eigenvalue weighted by Crippen LogP contribution is 2.29. The van der Waals surface area contributed by atoms with Crippen LogP contribution >= 0.6 is 0 Å². The zero-order valence-corrected chi connectivity index (χ0v) is 17.3. The first-order chi connectivity index (χ1) is 14.6. The third-order valence-electron chi connectivity index (χ3n) is 5.67. The molecule has 1 amide bonds. The zero-order valence-electron chi connectivity index (χ0n) is 17.3. The van der Waals surface area contributed by atoms with Gasteiger partial charge in [0.2, 0.25) is 0 Å². The lowest BCUT2D eigenvalue weighted by Crippen LogP contribution is -2.41. The molecule has 0 saturated carbocycles. The molecule has 1 fully saturated rings. The molecule has 1 saturated heterocycles. The van der Waals surface area contributed by atoms with Gasteiger partial charge in [-0.3, -0.25) is 9.59 Å². The van der Waals surface area contributed by atoms with Crippen molar-refractivity contribution in [1.82, 2.24) is 9.47 Å². The Morgan fingerprint density at radius 3 is 2.57 bits per heavy atom. The molecule has 6 nitrogen and oxygen atoms in total. The van der Waals surface area contributed by atoms with E-state index < -0.39 is 0 Å². The van der Waals surface area contributed by atoms with Crippen LogP contribution in [-0.2, 0) is 0 Å². The molecular formula is C24H26N2O4. The molecule has 0 aliphatic carbocycles. The molecular weight excluding hydrogens is 380 g/mol. The molecule has 156 valence electrons. The van der Waals surface area contributed by atoms with Gasteiger partial charge in [-0.2, -0.15) is 0 Å². The maximum absolute atomic E-state index is 13.1. The van der Waals surface area contributed by atoms with Gasteiger partial charge in [-0.15, -0.1) is 0 Å². The first-order valence-electron chi connectivity index (χ1n) is 10.3. The van der Waals surface area contributed by atoms with Crippen molar-refractivity contribution < 1.29 is 14.3 Å². The first-order valence-corrected chi connectivity index (χ1v) is 10.3. The third kappa shape index (κ3) is 3.77. The number of methoxy groups -OCH3 is 1. The number of nitrogens with zero attached hydrogens (tertiary/aromatic N) is 2. The second-order valence-corrected chi connectivity index (χ2v) is 7.42. The molecule has 0 bridgehead atoms. The van der Waals surface area contributed by atoms with E-state index in [1.54, 1.807) is 31.4 Å². The van der Waals surface area contributed by atoms with Crippen LogP contribution in [-0.4, -0.2) is 42.2 Å². The van der Waals surface area contributed by atoms with E-state index in [1.165, 1.54) is 0 Å². The quantitative estimate of drug-likeness (QED) is 0.645. The Labute approximate surface area is 175 Å². The second-order valence-electron chi connectivity index (χ2n) is 7.42. The summed E-state index contributed by atoms with van der Waals surface area (Å²) in [7, 11) is 1.56. The highest BCUT2D eigenvalue weighted by Gasteiger charge is 2.27. The average molecular weight is 406 g/mol. The van der Waals surface area contributed by atoms with E-state index in [2.05, 4.69) is 0 Å². The van der Waals surface area contributed by atoms with Crippen LogP contribution in [0.4, 0.5) is 0 Å². The summed E-state index contributed by atoms with van der Waals surface area (Å²) >= 11 is 0. The zero-order chi connectivity index (χ0) is 21.1. The predicted molar refractivity (Wildman–Crippen MR) is 117 cm³/mol. The number of ether oxygens (including phenoxy) is 2. The number of hydrogen-bond acceptors (Lipinski definition) is 4. The minimum Gasteiger partial charge on any atom is -0.496 e. The number of pyridine rings is 1. The van der Waals surface area contributed by atoms with E-state index >= 15 is 0 Å². The number of aromatic nitrogens is 1. The molecule has 4 rings (SSSR count). The van der Waals surface area contributed by atoms with Gasteiger partial charge in [0.1, 0.15) is 11.5 Å². The summed E-state index contributed by atoms with van der Waals surface area (Å²) in [5.41, 5.74) is 1.48. The minimum atomic E-state index is -0.0568. The van der Waals surface area contributed by atoms with Gasteiger partial charge in [-0.1, -0.05) is 18.2 Å². The molecule has 0 radical (unpaired) electrons. The number of benzene rings is 2. The number of rotatable bonds is 5. The average Bonchev–Trinajstić information content (AvgIpc) is 2.79. The van der Waals surface area contributed by atoms with Gasteiger partial charge in [-0.25, -0.2) is 0 Å². The van der Waals surface area contributed by atoms with Crippen LogP contribution in [0.3, 0.4) is 0 Å². The molecule has 1 aliphatic rings. The van der Waals surface area contributed by atoms with Gasteiger partial charge in [0, 0.05) is 31.3 Å². The van der Waals surface area contributed by atoms with Gasteiger partial charge in [0.05, 0.1) is 24.8 Å². The molecule has 30 heavy (non-hydrogen) atoms. The maximum atomic E-state index is 13.1. The summed E-state index contributed by atoms with van der Waals surface area (Å²) in [6.45, 7) is 3.65. The lowest BCUT2D eigenvalue weighted by Gasteiger charge is -2.33. The number of para-hydroxylation sites is 1. The summed E-state index contributed by atoms with van der Waals surface area (Å²) < 4.78 is 12.8. The summed E-state index contributed by atoms with van der Waals surface area (Å²) in [5, 5.41) is 1.05. The van der Waals surface area contributed by atoms with E-state index in [1.807, 2.05) is 46.7 Å². The van der Waals surface area contributed by atoms with Crippen LogP contribution in [0, 0.1) is 0 Å². The standard InChI is InChI=1S/C24H26N2O4/c1-3-30-19-9-10-20(22(16-19)29-2)24(28)25-14-12-18(13-15-25)26-21-7-5-4-6-17(21)8-11-23(26)27/h4-11,16,18H,3,12-15H2,1-2H3. The number of piperidine rings is 1. The maximum Gasteiger partial charge on any atom is 0.257 e.